The molecule has 1 aromatic rings. The Bertz CT molecular complexity index is 293. The fourth-order valence-electron chi connectivity index (χ4n) is 1.16. The summed E-state index contributed by atoms with van der Waals surface area (Å²) in [6, 6.07) is 5.79. The normalized spacial score (nSPS) is 11.2. The fourth-order valence-corrected chi connectivity index (χ4v) is 1.29. The number of rotatable bonds is 3. The Balaban J connectivity index is 3.17. The third kappa shape index (κ3) is 2.58. The first kappa shape index (κ1) is 11.2. The van der Waals surface area contributed by atoms with Crippen molar-refractivity contribution in [1.82, 2.24) is 0 Å². The molecule has 0 aliphatic heterocycles. The molecule has 1 rings (SSSR count). The first-order valence-corrected chi connectivity index (χ1v) is 4.88. The van der Waals surface area contributed by atoms with Gasteiger partial charge in [-0.1, -0.05) is 0 Å². The van der Waals surface area contributed by atoms with Gasteiger partial charge in [-0.15, -0.1) is 0 Å². The summed E-state index contributed by atoms with van der Waals surface area (Å²) in [6.07, 6.45) is 0. The van der Waals surface area contributed by atoms with Crippen molar-refractivity contribution in [2.45, 2.75) is 18.6 Å². The lowest BCUT2D eigenvalue weighted by molar-refractivity contribution is 0.392. The molecule has 0 aliphatic rings. The summed E-state index contributed by atoms with van der Waals surface area (Å²) in [6.45, 7) is 4.06. The highest BCUT2D eigenvalue weighted by atomic mass is 32.1. The molecule has 0 fully saturated rings. The molecule has 0 radical (unpaired) electrons. The Hall–Kier alpha value is -0.830. The Morgan fingerprint density at radius 3 is 1.71 bits per heavy atom. The number of hydrogen-bond donors (Lipinski definition) is 1. The summed E-state index contributed by atoms with van der Waals surface area (Å²) < 4.78 is 10.2. The maximum Gasteiger partial charge on any atom is 0.122 e. The monoisotopic (exact) mass is 212 g/mol. The van der Waals surface area contributed by atoms with Gasteiger partial charge < -0.3 is 9.47 Å². The smallest absolute Gasteiger partial charge is 0.122 e. The molecule has 0 saturated carbocycles. The van der Waals surface area contributed by atoms with Crippen LogP contribution in [0.15, 0.2) is 18.2 Å². The van der Waals surface area contributed by atoms with E-state index in [1.807, 2.05) is 32.0 Å². The molecular weight excluding hydrogens is 196 g/mol. The Morgan fingerprint density at radius 1 is 1.00 bits per heavy atom. The van der Waals surface area contributed by atoms with Crippen molar-refractivity contribution in [1.29, 1.82) is 0 Å². The minimum Gasteiger partial charge on any atom is -0.497 e. The first-order chi connectivity index (χ1) is 6.47. The molecule has 0 atom stereocenters. The van der Waals surface area contributed by atoms with E-state index in [9.17, 15) is 0 Å². The zero-order chi connectivity index (χ0) is 10.8. The van der Waals surface area contributed by atoms with E-state index < -0.39 is 0 Å². The van der Waals surface area contributed by atoms with E-state index in [0.29, 0.717) is 0 Å². The van der Waals surface area contributed by atoms with Crippen LogP contribution in [0.2, 0.25) is 0 Å². The van der Waals surface area contributed by atoms with Crippen molar-refractivity contribution in [2.24, 2.45) is 0 Å². The number of ether oxygens (including phenoxy) is 2. The van der Waals surface area contributed by atoms with E-state index in [-0.39, 0.29) is 4.75 Å². The Morgan fingerprint density at radius 2 is 1.43 bits per heavy atom. The van der Waals surface area contributed by atoms with E-state index in [1.54, 1.807) is 14.2 Å². The third-order valence-electron chi connectivity index (χ3n) is 2.06. The molecule has 0 amide bonds. The minimum atomic E-state index is -0.193. The van der Waals surface area contributed by atoms with Crippen molar-refractivity contribution in [3.05, 3.63) is 23.8 Å². The van der Waals surface area contributed by atoms with Gasteiger partial charge in [0.2, 0.25) is 0 Å². The molecule has 0 aliphatic carbocycles. The third-order valence-corrected chi connectivity index (χ3v) is 2.32. The van der Waals surface area contributed by atoms with E-state index in [1.165, 1.54) is 0 Å². The van der Waals surface area contributed by atoms with Crippen molar-refractivity contribution >= 4 is 12.6 Å². The molecule has 0 N–H and O–H groups in total. The molecule has 0 unspecified atom stereocenters. The van der Waals surface area contributed by atoms with Crippen molar-refractivity contribution < 1.29 is 9.47 Å². The molecule has 2 nitrogen and oxygen atoms in total. The second kappa shape index (κ2) is 4.13. The summed E-state index contributed by atoms with van der Waals surface area (Å²) in [7, 11) is 3.29. The van der Waals surface area contributed by atoms with Crippen molar-refractivity contribution in [3.8, 4) is 11.5 Å². The average Bonchev–Trinajstić information content (AvgIpc) is 2.15. The Kier molecular flexibility index (Phi) is 3.32. The highest BCUT2D eigenvalue weighted by Crippen LogP contribution is 2.33. The summed E-state index contributed by atoms with van der Waals surface area (Å²) in [5.41, 5.74) is 1.08. The van der Waals surface area contributed by atoms with E-state index in [2.05, 4.69) is 12.6 Å². The predicted molar refractivity (Wildman–Crippen MR) is 61.6 cm³/mol. The highest BCUT2D eigenvalue weighted by Gasteiger charge is 2.16. The van der Waals surface area contributed by atoms with Gasteiger partial charge in [0.25, 0.3) is 0 Å². The lowest BCUT2D eigenvalue weighted by atomic mass is 10.0. The maximum atomic E-state index is 5.18. The summed E-state index contributed by atoms with van der Waals surface area (Å²) in [5, 5.41) is 0. The van der Waals surface area contributed by atoms with E-state index in [4.69, 9.17) is 9.47 Å². The second-order valence-corrected chi connectivity index (χ2v) is 4.78. The number of hydrogen-bond acceptors (Lipinski definition) is 3. The lowest BCUT2D eigenvalue weighted by Crippen LogP contribution is -2.08. The average molecular weight is 212 g/mol. The van der Waals surface area contributed by atoms with Crippen LogP contribution in [-0.4, -0.2) is 14.2 Å². The van der Waals surface area contributed by atoms with Crippen LogP contribution in [0.5, 0.6) is 11.5 Å². The summed E-state index contributed by atoms with van der Waals surface area (Å²) >= 11 is 4.51. The van der Waals surface area contributed by atoms with Crippen LogP contribution in [0.3, 0.4) is 0 Å². The molecule has 14 heavy (non-hydrogen) atoms. The number of benzene rings is 1. The van der Waals surface area contributed by atoms with E-state index in [0.717, 1.165) is 17.1 Å². The Labute approximate surface area is 90.6 Å². The molecule has 0 heterocycles. The second-order valence-electron chi connectivity index (χ2n) is 3.66. The van der Waals surface area contributed by atoms with Gasteiger partial charge in [-0.05, 0) is 31.5 Å². The molecular formula is C11H16O2S. The van der Waals surface area contributed by atoms with Gasteiger partial charge in [0.1, 0.15) is 11.5 Å². The van der Waals surface area contributed by atoms with Crippen LogP contribution in [-0.2, 0) is 4.75 Å². The van der Waals surface area contributed by atoms with Gasteiger partial charge in [0, 0.05) is 10.8 Å². The van der Waals surface area contributed by atoms with Crippen LogP contribution in [0.4, 0.5) is 0 Å². The standard InChI is InChI=1S/C11H16O2S/c1-11(2,14)8-5-9(12-3)7-10(6-8)13-4/h5-7,14H,1-4H3. The zero-order valence-electron chi connectivity index (χ0n) is 9.00. The van der Waals surface area contributed by atoms with Crippen LogP contribution < -0.4 is 9.47 Å². The molecule has 0 spiro atoms. The lowest BCUT2D eigenvalue weighted by Gasteiger charge is -2.19. The predicted octanol–water partition coefficient (Wildman–Crippen LogP) is 2.87. The molecule has 0 aromatic heterocycles. The SMILES string of the molecule is COc1cc(OC)cc(C(C)(C)S)c1. The van der Waals surface area contributed by atoms with Crippen LogP contribution in [0.1, 0.15) is 19.4 Å². The topological polar surface area (TPSA) is 18.5 Å². The summed E-state index contributed by atoms with van der Waals surface area (Å²) in [5.74, 6) is 1.59. The highest BCUT2D eigenvalue weighted by molar-refractivity contribution is 7.81. The molecule has 3 heteroatoms. The van der Waals surface area contributed by atoms with Crippen LogP contribution >= 0.6 is 12.6 Å². The van der Waals surface area contributed by atoms with Gasteiger partial charge in [0.15, 0.2) is 0 Å². The quantitative estimate of drug-likeness (QED) is 0.777. The van der Waals surface area contributed by atoms with Gasteiger partial charge in [-0.3, -0.25) is 0 Å². The summed E-state index contributed by atoms with van der Waals surface area (Å²) in [4.78, 5) is 0. The van der Waals surface area contributed by atoms with Crippen LogP contribution in [0, 0.1) is 0 Å². The number of thiol groups is 1. The van der Waals surface area contributed by atoms with Gasteiger partial charge in [-0.25, -0.2) is 0 Å². The number of methoxy groups -OCH3 is 2. The maximum absolute atomic E-state index is 5.18. The van der Waals surface area contributed by atoms with Crippen molar-refractivity contribution in [3.63, 3.8) is 0 Å². The van der Waals surface area contributed by atoms with Gasteiger partial charge >= 0.3 is 0 Å². The van der Waals surface area contributed by atoms with Gasteiger partial charge in [-0.2, -0.15) is 12.6 Å². The molecule has 0 bridgehead atoms. The molecule has 0 saturated heterocycles. The first-order valence-electron chi connectivity index (χ1n) is 4.43. The largest absolute Gasteiger partial charge is 0.497 e. The minimum absolute atomic E-state index is 0.193. The van der Waals surface area contributed by atoms with Crippen LogP contribution in [0.25, 0.3) is 0 Å². The van der Waals surface area contributed by atoms with Crippen molar-refractivity contribution in [2.75, 3.05) is 14.2 Å². The fraction of sp³-hybridized carbons (Fsp3) is 0.455. The zero-order valence-corrected chi connectivity index (χ0v) is 9.89. The van der Waals surface area contributed by atoms with E-state index >= 15 is 0 Å². The molecule has 78 valence electrons. The molecule has 1 aromatic carbocycles. The van der Waals surface area contributed by atoms with Gasteiger partial charge in [0.05, 0.1) is 14.2 Å².